The number of rotatable bonds is 6. The lowest BCUT2D eigenvalue weighted by atomic mass is 10.1. The highest BCUT2D eigenvalue weighted by Crippen LogP contribution is 2.28. The number of hydrogen-bond donors (Lipinski definition) is 2. The van der Waals surface area contributed by atoms with Gasteiger partial charge in [0.25, 0.3) is 0 Å². The summed E-state index contributed by atoms with van der Waals surface area (Å²) in [6, 6.07) is 12.4. The SMILES string of the molecule is Cc1ccc(S(=O)(=O)Oc2ccccc2C(O)CNC(=O)OC(C)(C)C)cc1. The van der Waals surface area contributed by atoms with Gasteiger partial charge in [-0.1, -0.05) is 35.9 Å². The van der Waals surface area contributed by atoms with Crippen molar-refractivity contribution in [3.63, 3.8) is 0 Å². The van der Waals surface area contributed by atoms with Crippen LogP contribution in [-0.2, 0) is 14.9 Å². The summed E-state index contributed by atoms with van der Waals surface area (Å²) >= 11 is 0. The minimum Gasteiger partial charge on any atom is -0.444 e. The van der Waals surface area contributed by atoms with Crippen LogP contribution in [0.15, 0.2) is 53.4 Å². The first kappa shape index (κ1) is 21.7. The highest BCUT2D eigenvalue weighted by Gasteiger charge is 2.22. The number of alkyl carbamates (subject to hydrolysis) is 1. The summed E-state index contributed by atoms with van der Waals surface area (Å²) in [6.45, 7) is 6.85. The molecule has 2 rings (SSSR count). The Morgan fingerprint density at radius 1 is 1.11 bits per heavy atom. The largest absolute Gasteiger partial charge is 0.444 e. The number of nitrogens with one attached hydrogen (secondary N) is 1. The maximum absolute atomic E-state index is 12.5. The standard InChI is InChI=1S/C20H25NO6S/c1-14-9-11-15(12-10-14)28(24,25)27-18-8-6-5-7-16(18)17(22)13-21-19(23)26-20(2,3)4/h5-12,17,22H,13H2,1-4H3,(H,21,23). The Morgan fingerprint density at radius 2 is 1.71 bits per heavy atom. The average Bonchev–Trinajstić information content (AvgIpc) is 2.59. The van der Waals surface area contributed by atoms with Crippen LogP contribution in [0.3, 0.4) is 0 Å². The smallest absolute Gasteiger partial charge is 0.407 e. The number of benzene rings is 2. The highest BCUT2D eigenvalue weighted by molar-refractivity contribution is 7.87. The lowest BCUT2D eigenvalue weighted by molar-refractivity contribution is 0.0491. The van der Waals surface area contributed by atoms with Gasteiger partial charge in [0, 0.05) is 5.56 Å². The molecule has 152 valence electrons. The number of aliphatic hydroxyl groups excluding tert-OH is 1. The molecule has 0 heterocycles. The van der Waals surface area contributed by atoms with Gasteiger partial charge >= 0.3 is 16.2 Å². The van der Waals surface area contributed by atoms with E-state index in [9.17, 15) is 18.3 Å². The van der Waals surface area contributed by atoms with Gasteiger partial charge in [-0.2, -0.15) is 8.42 Å². The molecule has 0 spiro atoms. The topological polar surface area (TPSA) is 102 Å². The van der Waals surface area contributed by atoms with Gasteiger partial charge in [-0.05, 0) is 45.9 Å². The Balaban J connectivity index is 2.13. The Labute approximate surface area is 165 Å². The van der Waals surface area contributed by atoms with Crippen LogP contribution >= 0.6 is 0 Å². The van der Waals surface area contributed by atoms with Crippen LogP contribution in [0, 0.1) is 6.92 Å². The first-order valence-corrected chi connectivity index (χ1v) is 10.1. The fraction of sp³-hybridized carbons (Fsp3) is 0.350. The first-order chi connectivity index (χ1) is 13.0. The molecule has 28 heavy (non-hydrogen) atoms. The molecule has 0 saturated heterocycles. The molecule has 1 unspecified atom stereocenters. The minimum atomic E-state index is -4.06. The van der Waals surface area contributed by atoms with E-state index in [0.717, 1.165) is 5.56 Å². The van der Waals surface area contributed by atoms with Gasteiger partial charge in [0.05, 0.1) is 6.54 Å². The van der Waals surface area contributed by atoms with E-state index in [4.69, 9.17) is 8.92 Å². The van der Waals surface area contributed by atoms with Crippen LogP contribution in [0.5, 0.6) is 5.75 Å². The van der Waals surface area contributed by atoms with E-state index in [1.807, 2.05) is 6.92 Å². The number of para-hydroxylation sites is 1. The van der Waals surface area contributed by atoms with Gasteiger partial charge in [0.1, 0.15) is 22.4 Å². The van der Waals surface area contributed by atoms with Gasteiger partial charge in [-0.3, -0.25) is 0 Å². The number of carbonyl (C=O) groups excluding carboxylic acids is 1. The van der Waals surface area contributed by atoms with Crippen LogP contribution in [0.2, 0.25) is 0 Å². The predicted octanol–water partition coefficient (Wildman–Crippen LogP) is 3.32. The van der Waals surface area contributed by atoms with Crippen molar-refractivity contribution in [2.24, 2.45) is 0 Å². The summed E-state index contributed by atoms with van der Waals surface area (Å²) in [5.74, 6) is -0.0124. The second-order valence-electron chi connectivity index (χ2n) is 7.29. The molecule has 1 atom stereocenters. The summed E-state index contributed by atoms with van der Waals surface area (Å²) in [4.78, 5) is 11.8. The summed E-state index contributed by atoms with van der Waals surface area (Å²) in [7, 11) is -4.06. The molecule has 2 N–H and O–H groups in total. The quantitative estimate of drug-likeness (QED) is 0.712. The van der Waals surface area contributed by atoms with Crippen LogP contribution in [0.4, 0.5) is 4.79 Å². The molecule has 0 aliphatic carbocycles. The third kappa shape index (κ3) is 6.24. The third-order valence-electron chi connectivity index (χ3n) is 3.63. The Morgan fingerprint density at radius 3 is 2.32 bits per heavy atom. The summed E-state index contributed by atoms with van der Waals surface area (Å²) in [5.41, 5.74) is 0.482. The molecule has 2 aromatic rings. The van der Waals surface area contributed by atoms with E-state index >= 15 is 0 Å². The average molecular weight is 407 g/mol. The molecule has 0 radical (unpaired) electrons. The Hall–Kier alpha value is -2.58. The molecular formula is C20H25NO6S. The predicted molar refractivity (Wildman–Crippen MR) is 105 cm³/mol. The van der Waals surface area contributed by atoms with Crippen LogP contribution in [0.25, 0.3) is 0 Å². The second-order valence-corrected chi connectivity index (χ2v) is 8.83. The van der Waals surface area contributed by atoms with E-state index in [0.29, 0.717) is 0 Å². The molecular weight excluding hydrogens is 382 g/mol. The van der Waals surface area contributed by atoms with Crippen molar-refractivity contribution in [1.29, 1.82) is 0 Å². The van der Waals surface area contributed by atoms with Crippen molar-refractivity contribution in [3.05, 3.63) is 59.7 Å². The molecule has 0 fully saturated rings. The van der Waals surface area contributed by atoms with Crippen LogP contribution in [0.1, 0.15) is 38.0 Å². The van der Waals surface area contributed by atoms with E-state index in [1.165, 1.54) is 24.3 Å². The third-order valence-corrected chi connectivity index (χ3v) is 4.87. The first-order valence-electron chi connectivity index (χ1n) is 8.73. The van der Waals surface area contributed by atoms with E-state index < -0.39 is 27.9 Å². The van der Waals surface area contributed by atoms with Gasteiger partial charge in [0.15, 0.2) is 0 Å². The zero-order valence-electron chi connectivity index (χ0n) is 16.3. The summed E-state index contributed by atoms with van der Waals surface area (Å²) in [5, 5.41) is 12.9. The lowest BCUT2D eigenvalue weighted by Gasteiger charge is -2.21. The monoisotopic (exact) mass is 407 g/mol. The second kappa shape index (κ2) is 8.62. The van der Waals surface area contributed by atoms with Crippen molar-refractivity contribution in [1.82, 2.24) is 5.32 Å². The Bertz CT molecular complexity index is 916. The number of carbonyl (C=O) groups is 1. The van der Waals surface area contributed by atoms with Crippen molar-refractivity contribution in [3.8, 4) is 5.75 Å². The maximum Gasteiger partial charge on any atom is 0.407 e. The molecule has 0 bridgehead atoms. The number of aryl methyl sites for hydroxylation is 1. The molecule has 2 aromatic carbocycles. The highest BCUT2D eigenvalue weighted by atomic mass is 32.2. The molecule has 0 saturated carbocycles. The van der Waals surface area contributed by atoms with Gasteiger partial charge in [-0.15, -0.1) is 0 Å². The zero-order valence-corrected chi connectivity index (χ0v) is 17.1. The lowest BCUT2D eigenvalue weighted by Crippen LogP contribution is -2.34. The molecule has 0 aliphatic heterocycles. The van der Waals surface area contributed by atoms with Gasteiger partial charge < -0.3 is 19.3 Å². The maximum atomic E-state index is 12.5. The molecule has 0 aromatic heterocycles. The number of aliphatic hydroxyl groups is 1. The van der Waals surface area contributed by atoms with Crippen molar-refractivity contribution in [2.45, 2.75) is 44.3 Å². The van der Waals surface area contributed by atoms with E-state index in [-0.39, 0.29) is 22.8 Å². The van der Waals surface area contributed by atoms with Crippen molar-refractivity contribution < 1.29 is 27.2 Å². The molecule has 7 nitrogen and oxygen atoms in total. The van der Waals surface area contributed by atoms with Crippen molar-refractivity contribution >= 4 is 16.2 Å². The zero-order chi connectivity index (χ0) is 20.9. The van der Waals surface area contributed by atoms with Crippen LogP contribution < -0.4 is 9.50 Å². The normalized spacial score (nSPS) is 12.9. The van der Waals surface area contributed by atoms with Crippen molar-refractivity contribution in [2.75, 3.05) is 6.54 Å². The number of hydrogen-bond acceptors (Lipinski definition) is 6. The minimum absolute atomic E-state index is 0.00859. The fourth-order valence-corrected chi connectivity index (χ4v) is 3.26. The van der Waals surface area contributed by atoms with E-state index in [2.05, 4.69) is 5.32 Å². The summed E-state index contributed by atoms with van der Waals surface area (Å²) in [6.07, 6.45) is -1.87. The van der Waals surface area contributed by atoms with Gasteiger partial charge in [-0.25, -0.2) is 4.79 Å². The number of amides is 1. The molecule has 8 heteroatoms. The summed E-state index contributed by atoms with van der Waals surface area (Å²) < 4.78 is 35.4. The van der Waals surface area contributed by atoms with Crippen LogP contribution in [-0.4, -0.2) is 31.8 Å². The van der Waals surface area contributed by atoms with Gasteiger partial charge in [0.2, 0.25) is 0 Å². The number of ether oxygens (including phenoxy) is 1. The van der Waals surface area contributed by atoms with E-state index in [1.54, 1.807) is 45.0 Å². The molecule has 0 aliphatic rings. The Kier molecular flexibility index (Phi) is 6.69. The molecule has 1 amide bonds. The fourth-order valence-electron chi connectivity index (χ4n) is 2.31.